The van der Waals surface area contributed by atoms with Gasteiger partial charge in [-0.3, -0.25) is 4.79 Å². The molecule has 5 rings (SSSR count). The third-order valence-corrected chi connectivity index (χ3v) is 7.08. The van der Waals surface area contributed by atoms with Gasteiger partial charge >= 0.3 is 0 Å². The van der Waals surface area contributed by atoms with Gasteiger partial charge in [0.2, 0.25) is 5.88 Å². The smallest absolute Gasteiger partial charge is 0.230 e. The van der Waals surface area contributed by atoms with Crippen LogP contribution >= 0.6 is 11.6 Å². The summed E-state index contributed by atoms with van der Waals surface area (Å²) in [4.78, 5) is 25.9. The van der Waals surface area contributed by atoms with E-state index in [1.807, 2.05) is 30.3 Å². The summed E-state index contributed by atoms with van der Waals surface area (Å²) < 4.78 is 6.21. The van der Waals surface area contributed by atoms with E-state index in [9.17, 15) is 4.79 Å². The highest BCUT2D eigenvalue weighted by Gasteiger charge is 2.18. The molecular formula is C29H31ClN4O2. The number of Topliss-reactive ketones (excluding diaryl/α,β-unsaturated/α-hetero) is 1. The number of carbonyl (C=O) groups excluding carboxylic acids is 1. The van der Waals surface area contributed by atoms with Crippen LogP contribution in [0, 0.1) is 0 Å². The molecule has 0 saturated carbocycles. The van der Waals surface area contributed by atoms with Crippen molar-refractivity contribution in [1.29, 1.82) is 0 Å². The first kappa shape index (κ1) is 24.5. The Labute approximate surface area is 217 Å². The van der Waals surface area contributed by atoms with Crippen LogP contribution in [-0.2, 0) is 24.1 Å². The summed E-state index contributed by atoms with van der Waals surface area (Å²) in [5, 5.41) is 0. The van der Waals surface area contributed by atoms with Gasteiger partial charge in [0.1, 0.15) is 17.4 Å². The number of ether oxygens (including phenoxy) is 1. The molecule has 2 heterocycles. The van der Waals surface area contributed by atoms with Crippen molar-refractivity contribution in [2.24, 2.45) is 0 Å². The zero-order valence-corrected chi connectivity index (χ0v) is 21.4. The molecule has 36 heavy (non-hydrogen) atoms. The normalized spacial score (nSPS) is 15.2. The molecule has 0 amide bonds. The number of likely N-dealkylation sites (N-methyl/N-ethyl adjacent to an activating group) is 1. The Kier molecular flexibility index (Phi) is 7.63. The predicted molar refractivity (Wildman–Crippen MR) is 144 cm³/mol. The molecule has 0 unspecified atom stereocenters. The van der Waals surface area contributed by atoms with Crippen LogP contribution in [0.1, 0.15) is 34.6 Å². The van der Waals surface area contributed by atoms with Crippen LogP contribution in [-0.4, -0.2) is 59.8 Å². The number of hydrogen-bond acceptors (Lipinski definition) is 6. The number of anilines is 1. The number of nitrogens with zero attached hydrogens (tertiary/aromatic N) is 4. The van der Waals surface area contributed by atoms with Crippen LogP contribution in [0.3, 0.4) is 0 Å². The van der Waals surface area contributed by atoms with Gasteiger partial charge in [0.25, 0.3) is 0 Å². The number of benzene rings is 2. The van der Waals surface area contributed by atoms with Crippen molar-refractivity contribution in [2.75, 3.05) is 44.0 Å². The first-order chi connectivity index (χ1) is 17.6. The third-order valence-electron chi connectivity index (χ3n) is 6.78. The number of aromatic nitrogens is 2. The first-order valence-corrected chi connectivity index (χ1v) is 13.0. The average Bonchev–Trinajstić information content (AvgIpc) is 3.38. The van der Waals surface area contributed by atoms with Gasteiger partial charge in [-0.15, -0.1) is 11.6 Å². The van der Waals surface area contributed by atoms with Gasteiger partial charge in [-0.2, -0.15) is 4.98 Å². The number of rotatable bonds is 9. The number of carbonyl (C=O) groups is 1. The highest BCUT2D eigenvalue weighted by molar-refractivity contribution is 6.27. The molecule has 7 heteroatoms. The lowest BCUT2D eigenvalue weighted by molar-refractivity contribution is -0.116. The van der Waals surface area contributed by atoms with E-state index >= 15 is 0 Å². The maximum atomic E-state index is 11.5. The van der Waals surface area contributed by atoms with Gasteiger partial charge in [-0.1, -0.05) is 36.4 Å². The number of halogens is 1. The van der Waals surface area contributed by atoms with Crippen molar-refractivity contribution < 1.29 is 9.53 Å². The lowest BCUT2D eigenvalue weighted by atomic mass is 10.1. The maximum Gasteiger partial charge on any atom is 0.230 e. The molecule has 1 aliphatic carbocycles. The number of piperazine rings is 1. The second-order valence-electron chi connectivity index (χ2n) is 9.46. The molecule has 6 nitrogen and oxygen atoms in total. The molecule has 1 aromatic heterocycles. The molecule has 0 bridgehead atoms. The number of fused-ring (bicyclic) bond motifs is 1. The van der Waals surface area contributed by atoms with E-state index in [2.05, 4.69) is 47.2 Å². The molecule has 1 saturated heterocycles. The van der Waals surface area contributed by atoms with E-state index in [0.29, 0.717) is 30.9 Å². The molecule has 0 atom stereocenters. The van der Waals surface area contributed by atoms with Gasteiger partial charge in [-0.25, -0.2) is 4.98 Å². The van der Waals surface area contributed by atoms with Crippen LogP contribution in [0.15, 0.2) is 54.6 Å². The second kappa shape index (κ2) is 11.2. The van der Waals surface area contributed by atoms with E-state index in [1.165, 1.54) is 11.3 Å². The molecule has 186 valence electrons. The maximum absolute atomic E-state index is 11.5. The SMILES string of the molecule is CN1CCN(c2ccc(Cc3nc4c(c(Oc5ccc(CCC(=O)CCl)cc5)n3)C=CC4)cc2)CC1. The van der Waals surface area contributed by atoms with Gasteiger partial charge in [0.15, 0.2) is 0 Å². The number of aryl methyl sites for hydroxylation is 1. The molecule has 0 radical (unpaired) electrons. The topological polar surface area (TPSA) is 58.6 Å². The number of hydrogen-bond donors (Lipinski definition) is 0. The minimum atomic E-state index is 0.0572. The molecular weight excluding hydrogens is 472 g/mol. The standard InChI is InChI=1S/C29H31ClN4O2/c1-33-15-17-34(18-16-33)23-10-5-22(6-11-23)19-28-31-27-4-2-3-26(27)29(32-28)36-25-13-8-21(9-14-25)7-12-24(35)20-30/h2-3,5-6,8-11,13-14H,4,7,12,15-20H2,1H3. The molecule has 0 N–H and O–H groups in total. The second-order valence-corrected chi connectivity index (χ2v) is 9.73. The van der Waals surface area contributed by atoms with Crippen LogP contribution in [0.4, 0.5) is 5.69 Å². The lowest BCUT2D eigenvalue weighted by Gasteiger charge is -2.34. The zero-order chi connectivity index (χ0) is 24.9. The zero-order valence-electron chi connectivity index (χ0n) is 20.6. The monoisotopic (exact) mass is 502 g/mol. The molecule has 2 aliphatic rings. The largest absolute Gasteiger partial charge is 0.438 e. The summed E-state index contributed by atoms with van der Waals surface area (Å²) in [6.07, 6.45) is 6.70. The first-order valence-electron chi connectivity index (χ1n) is 12.5. The lowest BCUT2D eigenvalue weighted by Crippen LogP contribution is -2.44. The van der Waals surface area contributed by atoms with Crippen LogP contribution < -0.4 is 9.64 Å². The summed E-state index contributed by atoms with van der Waals surface area (Å²) in [5.41, 5.74) is 5.47. The summed E-state index contributed by atoms with van der Waals surface area (Å²) in [5.74, 6) is 2.18. The van der Waals surface area contributed by atoms with Gasteiger partial charge in [0, 0.05) is 51.1 Å². The van der Waals surface area contributed by atoms with Crippen molar-refractivity contribution in [1.82, 2.24) is 14.9 Å². The fourth-order valence-corrected chi connectivity index (χ4v) is 4.70. The summed E-state index contributed by atoms with van der Waals surface area (Å²) in [6.45, 7) is 4.31. The van der Waals surface area contributed by atoms with E-state index in [0.717, 1.165) is 55.2 Å². The van der Waals surface area contributed by atoms with E-state index < -0.39 is 0 Å². The fraction of sp³-hybridized carbons (Fsp3) is 0.345. The summed E-state index contributed by atoms with van der Waals surface area (Å²) in [6, 6.07) is 16.6. The Hall–Kier alpha value is -3.22. The highest BCUT2D eigenvalue weighted by Crippen LogP contribution is 2.31. The minimum Gasteiger partial charge on any atom is -0.438 e. The number of alkyl halides is 1. The average molecular weight is 503 g/mol. The third kappa shape index (κ3) is 5.94. The van der Waals surface area contributed by atoms with Crippen LogP contribution in [0.2, 0.25) is 0 Å². The Morgan fingerprint density at radius 3 is 2.42 bits per heavy atom. The Morgan fingerprint density at radius 1 is 0.972 bits per heavy atom. The molecule has 3 aromatic rings. The molecule has 1 fully saturated rings. The van der Waals surface area contributed by atoms with Gasteiger partial charge < -0.3 is 14.5 Å². The van der Waals surface area contributed by atoms with Crippen LogP contribution in [0.5, 0.6) is 11.6 Å². The van der Waals surface area contributed by atoms with E-state index in [1.54, 1.807) is 0 Å². The Morgan fingerprint density at radius 2 is 1.69 bits per heavy atom. The van der Waals surface area contributed by atoms with E-state index in [-0.39, 0.29) is 11.7 Å². The van der Waals surface area contributed by atoms with E-state index in [4.69, 9.17) is 26.3 Å². The molecule has 2 aromatic carbocycles. The van der Waals surface area contributed by atoms with Crippen LogP contribution in [0.25, 0.3) is 6.08 Å². The summed E-state index contributed by atoms with van der Waals surface area (Å²) in [7, 11) is 2.17. The number of allylic oxidation sites excluding steroid dienone is 1. The Bertz CT molecular complexity index is 1230. The van der Waals surface area contributed by atoms with Crippen molar-refractivity contribution in [2.45, 2.75) is 25.7 Å². The summed E-state index contributed by atoms with van der Waals surface area (Å²) >= 11 is 5.60. The van der Waals surface area contributed by atoms with Crippen molar-refractivity contribution in [3.63, 3.8) is 0 Å². The van der Waals surface area contributed by atoms with Gasteiger partial charge in [0.05, 0.1) is 17.1 Å². The highest BCUT2D eigenvalue weighted by atomic mass is 35.5. The van der Waals surface area contributed by atoms with Crippen molar-refractivity contribution in [3.8, 4) is 11.6 Å². The Balaban J connectivity index is 1.28. The fourth-order valence-electron chi connectivity index (χ4n) is 4.57. The minimum absolute atomic E-state index is 0.0572. The van der Waals surface area contributed by atoms with Gasteiger partial charge in [-0.05, 0) is 48.9 Å². The van der Waals surface area contributed by atoms with Crippen molar-refractivity contribution >= 4 is 29.1 Å². The molecule has 0 spiro atoms. The van der Waals surface area contributed by atoms with Crippen molar-refractivity contribution in [3.05, 3.63) is 82.8 Å². The molecule has 1 aliphatic heterocycles. The predicted octanol–water partition coefficient (Wildman–Crippen LogP) is 4.92. The quantitative estimate of drug-likeness (QED) is 0.387. The number of ketones is 1.